The van der Waals surface area contributed by atoms with Crippen molar-refractivity contribution in [1.82, 2.24) is 0 Å². The largest absolute Gasteiger partial charge is 0.507 e. The Bertz CT molecular complexity index is 1160. The van der Waals surface area contributed by atoms with Crippen molar-refractivity contribution in [2.24, 2.45) is 4.99 Å². The molecule has 2 nitrogen and oxygen atoms in total. The third-order valence-electron chi connectivity index (χ3n) is 6.77. The zero-order chi connectivity index (χ0) is 25.6. The molecule has 0 radical (unpaired) electrons. The Morgan fingerprint density at radius 3 is 2.29 bits per heavy atom. The Morgan fingerprint density at radius 2 is 1.63 bits per heavy atom. The quantitative estimate of drug-likeness (QED) is 0.182. The second kappa shape index (κ2) is 11.5. The highest BCUT2D eigenvalue weighted by Gasteiger charge is 2.32. The average molecular weight is 488 g/mol. The summed E-state index contributed by atoms with van der Waals surface area (Å²) in [4.78, 5) is 4.76. The summed E-state index contributed by atoms with van der Waals surface area (Å²) in [6.45, 7) is 15.5. The van der Waals surface area contributed by atoms with E-state index in [1.165, 1.54) is 29.3 Å². The number of rotatable bonds is 9. The van der Waals surface area contributed by atoms with E-state index < -0.39 is 0 Å². The number of aryl methyl sites for hydroxylation is 2. The highest BCUT2D eigenvalue weighted by atomic mass is 31.1. The average Bonchev–Trinajstić information content (AvgIpc) is 2.81. The van der Waals surface area contributed by atoms with Crippen molar-refractivity contribution < 1.29 is 5.11 Å². The number of hydrogen-bond acceptors (Lipinski definition) is 2. The van der Waals surface area contributed by atoms with Gasteiger partial charge in [0.1, 0.15) is 5.75 Å². The summed E-state index contributed by atoms with van der Waals surface area (Å²) >= 11 is 0. The molecule has 0 amide bonds. The smallest absolute Gasteiger partial charge is 0.122 e. The van der Waals surface area contributed by atoms with Crippen LogP contribution in [0.3, 0.4) is 0 Å². The molecular formula is C32H42NOP. The minimum atomic E-state index is -0.157. The van der Waals surface area contributed by atoms with Crippen LogP contribution in [0.1, 0.15) is 88.1 Å². The SMILES string of the molecule is CCCCCC(C)(Pc1ccc(C)cc1/C=N/c1ccccc1)c1cc(C(C)(C)C)cc(C)c1O. The number of phenolic OH excluding ortho intramolecular Hbond substituents is 1. The predicted octanol–water partition coefficient (Wildman–Crippen LogP) is 8.86. The van der Waals surface area contributed by atoms with E-state index in [-0.39, 0.29) is 10.6 Å². The molecule has 1 N–H and O–H groups in total. The molecule has 0 spiro atoms. The molecule has 2 unspecified atom stereocenters. The van der Waals surface area contributed by atoms with Crippen LogP contribution in [-0.2, 0) is 10.6 Å². The van der Waals surface area contributed by atoms with E-state index in [9.17, 15) is 5.11 Å². The highest BCUT2D eigenvalue weighted by molar-refractivity contribution is 7.48. The van der Waals surface area contributed by atoms with Gasteiger partial charge in [-0.1, -0.05) is 110 Å². The lowest BCUT2D eigenvalue weighted by Crippen LogP contribution is -2.23. The second-order valence-corrected chi connectivity index (χ2v) is 12.9. The van der Waals surface area contributed by atoms with Gasteiger partial charge in [-0.05, 0) is 60.3 Å². The molecule has 0 aliphatic heterocycles. The lowest BCUT2D eigenvalue weighted by Gasteiger charge is -2.34. The van der Waals surface area contributed by atoms with Crippen LogP contribution >= 0.6 is 8.58 Å². The minimum Gasteiger partial charge on any atom is -0.507 e. The van der Waals surface area contributed by atoms with Crippen LogP contribution in [0.2, 0.25) is 0 Å². The maximum Gasteiger partial charge on any atom is 0.122 e. The number of phenols is 1. The van der Waals surface area contributed by atoms with Crippen molar-refractivity contribution in [2.75, 3.05) is 0 Å². The number of benzene rings is 3. The van der Waals surface area contributed by atoms with Crippen molar-refractivity contribution in [3.8, 4) is 5.75 Å². The molecule has 3 heteroatoms. The Hall–Kier alpha value is -2.44. The van der Waals surface area contributed by atoms with Crippen molar-refractivity contribution in [2.45, 2.75) is 84.7 Å². The van der Waals surface area contributed by atoms with E-state index in [1.54, 1.807) is 0 Å². The number of unbranched alkanes of at least 4 members (excludes halogenated alkanes) is 2. The van der Waals surface area contributed by atoms with Gasteiger partial charge in [0.15, 0.2) is 0 Å². The number of aliphatic imine (C=N–C) groups is 1. The third kappa shape index (κ3) is 7.05. The van der Waals surface area contributed by atoms with Crippen LogP contribution in [0.4, 0.5) is 5.69 Å². The summed E-state index contributed by atoms with van der Waals surface area (Å²) in [5.41, 5.74) is 6.71. The van der Waals surface area contributed by atoms with Crippen LogP contribution in [0.5, 0.6) is 5.75 Å². The third-order valence-corrected chi connectivity index (χ3v) is 8.56. The van der Waals surface area contributed by atoms with Crippen molar-refractivity contribution >= 4 is 25.8 Å². The summed E-state index contributed by atoms with van der Waals surface area (Å²) in [5.74, 6) is 0.455. The summed E-state index contributed by atoms with van der Waals surface area (Å²) in [6.07, 6.45) is 6.59. The molecule has 2 atom stereocenters. The van der Waals surface area contributed by atoms with Gasteiger partial charge in [-0.3, -0.25) is 4.99 Å². The maximum atomic E-state index is 11.3. The fourth-order valence-corrected chi connectivity index (χ4v) is 6.15. The molecule has 0 saturated heterocycles. The molecule has 186 valence electrons. The van der Waals surface area contributed by atoms with Crippen molar-refractivity contribution in [3.63, 3.8) is 0 Å². The molecule has 0 aromatic heterocycles. The van der Waals surface area contributed by atoms with Gasteiger partial charge in [0.05, 0.1) is 5.69 Å². The van der Waals surface area contributed by atoms with Gasteiger partial charge < -0.3 is 5.11 Å². The summed E-state index contributed by atoms with van der Waals surface area (Å²) in [7, 11) is 0.521. The molecule has 0 fully saturated rings. The maximum absolute atomic E-state index is 11.3. The van der Waals surface area contributed by atoms with Crippen LogP contribution in [0.15, 0.2) is 65.7 Å². The number of hydrogen-bond donors (Lipinski definition) is 1. The lowest BCUT2D eigenvalue weighted by atomic mass is 9.82. The summed E-state index contributed by atoms with van der Waals surface area (Å²) < 4.78 is 0. The molecule has 0 aliphatic rings. The van der Waals surface area contributed by atoms with Crippen LogP contribution in [-0.4, -0.2) is 11.3 Å². The lowest BCUT2D eigenvalue weighted by molar-refractivity contribution is 0.444. The predicted molar refractivity (Wildman–Crippen MR) is 156 cm³/mol. The number of nitrogens with zero attached hydrogens (tertiary/aromatic N) is 1. The Labute approximate surface area is 214 Å². The van der Waals surface area contributed by atoms with E-state index in [2.05, 4.69) is 71.9 Å². The highest BCUT2D eigenvalue weighted by Crippen LogP contribution is 2.50. The summed E-state index contributed by atoms with van der Waals surface area (Å²) in [6, 6.07) is 21.2. The van der Waals surface area contributed by atoms with Gasteiger partial charge in [0.25, 0.3) is 0 Å². The monoisotopic (exact) mass is 487 g/mol. The van der Waals surface area contributed by atoms with Crippen molar-refractivity contribution in [3.05, 3.63) is 88.5 Å². The van der Waals surface area contributed by atoms with Gasteiger partial charge in [0, 0.05) is 22.5 Å². The van der Waals surface area contributed by atoms with Gasteiger partial charge >= 0.3 is 0 Å². The minimum absolute atomic E-state index is 0.0258. The van der Waals surface area contributed by atoms with Gasteiger partial charge in [-0.25, -0.2) is 0 Å². The van der Waals surface area contributed by atoms with E-state index in [1.807, 2.05) is 43.5 Å². The van der Waals surface area contributed by atoms with Crippen LogP contribution in [0, 0.1) is 13.8 Å². The summed E-state index contributed by atoms with van der Waals surface area (Å²) in [5, 5.41) is 12.4. The molecule has 0 bridgehead atoms. The second-order valence-electron chi connectivity index (χ2n) is 11.0. The fourth-order valence-electron chi connectivity index (χ4n) is 4.48. The van der Waals surface area contributed by atoms with Crippen molar-refractivity contribution in [1.29, 1.82) is 0 Å². The topological polar surface area (TPSA) is 32.6 Å². The van der Waals surface area contributed by atoms with E-state index in [0.717, 1.165) is 35.2 Å². The van der Waals surface area contributed by atoms with E-state index in [0.29, 0.717) is 14.3 Å². The molecule has 3 aromatic rings. The molecule has 3 rings (SSSR count). The molecule has 0 saturated carbocycles. The first kappa shape index (κ1) is 27.2. The zero-order valence-corrected chi connectivity index (χ0v) is 23.6. The van der Waals surface area contributed by atoms with E-state index in [4.69, 9.17) is 4.99 Å². The molecule has 35 heavy (non-hydrogen) atoms. The molecule has 0 aliphatic carbocycles. The number of para-hydroxylation sites is 1. The first-order valence-electron chi connectivity index (χ1n) is 12.9. The van der Waals surface area contributed by atoms with Crippen LogP contribution in [0.25, 0.3) is 0 Å². The van der Waals surface area contributed by atoms with Gasteiger partial charge in [-0.2, -0.15) is 0 Å². The first-order valence-corrected chi connectivity index (χ1v) is 13.9. The Balaban J connectivity index is 2.09. The van der Waals surface area contributed by atoms with E-state index >= 15 is 0 Å². The Kier molecular flexibility index (Phi) is 8.94. The molecule has 0 heterocycles. The number of aromatic hydroxyl groups is 1. The normalized spacial score (nSPS) is 14.1. The molecule has 3 aromatic carbocycles. The van der Waals surface area contributed by atoms with Gasteiger partial charge in [-0.15, -0.1) is 0 Å². The molecular weight excluding hydrogens is 445 g/mol. The standard InChI is InChI=1S/C32H42NOP/c1-8-9-13-18-32(7,28-21-26(31(4,5)6)20-24(3)30(28)34)35-29-17-16-23(2)19-25(29)22-33-27-14-11-10-12-15-27/h10-12,14-17,19-22,34-35H,8-9,13,18H2,1-7H3/b33-22+. The first-order chi connectivity index (χ1) is 16.5. The van der Waals surface area contributed by atoms with Gasteiger partial charge in [0.2, 0.25) is 0 Å². The Morgan fingerprint density at radius 1 is 0.914 bits per heavy atom. The fraction of sp³-hybridized carbons (Fsp3) is 0.406. The zero-order valence-electron chi connectivity index (χ0n) is 22.6. The van der Waals surface area contributed by atoms with Crippen LogP contribution < -0.4 is 5.30 Å².